The van der Waals surface area contributed by atoms with Crippen LogP contribution < -0.4 is 5.32 Å². The number of rotatable bonds is 3. The smallest absolute Gasteiger partial charge is 0.0535 e. The molecule has 1 aromatic rings. The average Bonchev–Trinajstić information content (AvgIpc) is 2.43. The summed E-state index contributed by atoms with van der Waals surface area (Å²) in [5.74, 6) is 0. The van der Waals surface area contributed by atoms with E-state index < -0.39 is 0 Å². The lowest BCUT2D eigenvalue weighted by molar-refractivity contribution is 0.0214. The summed E-state index contributed by atoms with van der Waals surface area (Å²) in [5.41, 5.74) is 1.76. The van der Waals surface area contributed by atoms with Gasteiger partial charge in [0.05, 0.1) is 5.54 Å². The van der Waals surface area contributed by atoms with Crippen LogP contribution in [0.5, 0.6) is 0 Å². The van der Waals surface area contributed by atoms with Crippen molar-refractivity contribution in [2.24, 2.45) is 0 Å². The van der Waals surface area contributed by atoms with Gasteiger partial charge in [0.1, 0.15) is 0 Å². The van der Waals surface area contributed by atoms with E-state index in [2.05, 4.69) is 68.2 Å². The van der Waals surface area contributed by atoms with Crippen molar-refractivity contribution < 1.29 is 0 Å². The molecule has 0 spiro atoms. The molecule has 0 aromatic heterocycles. The standard InChI is InChI=1S/C16H26N2/c1-5-15(3)12-17-16(4,13-18(15)6-2)14-10-8-7-9-11-14/h7-11,17H,5-6,12-13H2,1-4H3. The monoisotopic (exact) mass is 246 g/mol. The van der Waals surface area contributed by atoms with Crippen LogP contribution in [0, 0.1) is 0 Å². The maximum absolute atomic E-state index is 3.78. The van der Waals surface area contributed by atoms with E-state index in [9.17, 15) is 0 Å². The Bertz CT molecular complexity index is 389. The van der Waals surface area contributed by atoms with Crippen LogP contribution in [-0.4, -0.2) is 30.1 Å². The van der Waals surface area contributed by atoms with Gasteiger partial charge in [0.2, 0.25) is 0 Å². The molecule has 2 nitrogen and oxygen atoms in total. The minimum absolute atomic E-state index is 0.0753. The number of likely N-dealkylation sites (N-methyl/N-ethyl adjacent to an activating group) is 1. The Morgan fingerprint density at radius 1 is 1.17 bits per heavy atom. The Morgan fingerprint density at radius 3 is 2.39 bits per heavy atom. The summed E-state index contributed by atoms with van der Waals surface area (Å²) >= 11 is 0. The van der Waals surface area contributed by atoms with E-state index in [1.54, 1.807) is 0 Å². The zero-order valence-electron chi connectivity index (χ0n) is 12.2. The zero-order valence-corrected chi connectivity index (χ0v) is 12.2. The van der Waals surface area contributed by atoms with Crippen LogP contribution in [0.15, 0.2) is 30.3 Å². The fourth-order valence-electron chi connectivity index (χ4n) is 2.97. The van der Waals surface area contributed by atoms with Crippen molar-refractivity contribution in [2.45, 2.75) is 45.2 Å². The molecule has 2 unspecified atom stereocenters. The summed E-state index contributed by atoms with van der Waals surface area (Å²) in [4.78, 5) is 2.62. The van der Waals surface area contributed by atoms with Crippen LogP contribution in [0.3, 0.4) is 0 Å². The third kappa shape index (κ3) is 2.32. The van der Waals surface area contributed by atoms with E-state index in [1.807, 2.05) is 0 Å². The Hall–Kier alpha value is -0.860. The van der Waals surface area contributed by atoms with Gasteiger partial charge in [-0.05, 0) is 32.4 Å². The second-order valence-electron chi connectivity index (χ2n) is 5.92. The van der Waals surface area contributed by atoms with Crippen LogP contribution in [-0.2, 0) is 5.54 Å². The lowest BCUT2D eigenvalue weighted by atomic mass is 9.83. The molecule has 0 bridgehead atoms. The van der Waals surface area contributed by atoms with Crippen LogP contribution >= 0.6 is 0 Å². The third-order valence-electron chi connectivity index (χ3n) is 4.68. The van der Waals surface area contributed by atoms with Crippen molar-refractivity contribution in [3.63, 3.8) is 0 Å². The van der Waals surface area contributed by atoms with Gasteiger partial charge < -0.3 is 5.32 Å². The van der Waals surface area contributed by atoms with E-state index in [0.29, 0.717) is 5.54 Å². The lowest BCUT2D eigenvalue weighted by Crippen LogP contribution is -2.66. The van der Waals surface area contributed by atoms with Gasteiger partial charge in [-0.2, -0.15) is 0 Å². The molecule has 1 heterocycles. The molecule has 0 aliphatic carbocycles. The van der Waals surface area contributed by atoms with E-state index >= 15 is 0 Å². The molecule has 0 saturated carbocycles. The molecule has 1 saturated heterocycles. The predicted molar refractivity (Wildman–Crippen MR) is 77.7 cm³/mol. The van der Waals surface area contributed by atoms with Gasteiger partial charge in [0, 0.05) is 18.6 Å². The minimum atomic E-state index is 0.0753. The molecule has 2 heteroatoms. The number of benzene rings is 1. The zero-order chi connectivity index (χ0) is 13.2. The molecule has 100 valence electrons. The first-order valence-corrected chi connectivity index (χ1v) is 7.10. The number of nitrogens with zero attached hydrogens (tertiary/aromatic N) is 1. The maximum Gasteiger partial charge on any atom is 0.0535 e. The Kier molecular flexibility index (Phi) is 3.79. The van der Waals surface area contributed by atoms with Crippen molar-refractivity contribution in [3.05, 3.63) is 35.9 Å². The highest BCUT2D eigenvalue weighted by Gasteiger charge is 2.41. The fourth-order valence-corrected chi connectivity index (χ4v) is 2.97. The summed E-state index contributed by atoms with van der Waals surface area (Å²) in [5, 5.41) is 3.78. The van der Waals surface area contributed by atoms with Crippen molar-refractivity contribution >= 4 is 0 Å². The Labute approximate surface area is 111 Å². The van der Waals surface area contributed by atoms with Crippen LogP contribution in [0.4, 0.5) is 0 Å². The summed E-state index contributed by atoms with van der Waals surface area (Å²) in [7, 11) is 0. The molecular weight excluding hydrogens is 220 g/mol. The molecule has 1 N–H and O–H groups in total. The first-order valence-electron chi connectivity index (χ1n) is 7.10. The summed E-state index contributed by atoms with van der Waals surface area (Å²) in [6, 6.07) is 10.8. The van der Waals surface area contributed by atoms with Gasteiger partial charge in [-0.1, -0.05) is 44.2 Å². The number of piperazine rings is 1. The summed E-state index contributed by atoms with van der Waals surface area (Å²) < 4.78 is 0. The molecule has 2 rings (SSSR count). The molecule has 1 fully saturated rings. The SMILES string of the molecule is CCN1CC(C)(c2ccccc2)NCC1(C)CC. The average molecular weight is 246 g/mol. The molecular formula is C16H26N2. The van der Waals surface area contributed by atoms with Gasteiger partial charge >= 0.3 is 0 Å². The topological polar surface area (TPSA) is 15.3 Å². The second-order valence-corrected chi connectivity index (χ2v) is 5.92. The van der Waals surface area contributed by atoms with Crippen molar-refractivity contribution in [2.75, 3.05) is 19.6 Å². The molecule has 18 heavy (non-hydrogen) atoms. The minimum Gasteiger partial charge on any atom is -0.305 e. The van der Waals surface area contributed by atoms with E-state index in [1.165, 1.54) is 12.0 Å². The molecule has 2 atom stereocenters. The van der Waals surface area contributed by atoms with Crippen LogP contribution in [0.2, 0.25) is 0 Å². The molecule has 1 aromatic carbocycles. The third-order valence-corrected chi connectivity index (χ3v) is 4.68. The van der Waals surface area contributed by atoms with Gasteiger partial charge in [0.25, 0.3) is 0 Å². The van der Waals surface area contributed by atoms with Crippen molar-refractivity contribution in [1.82, 2.24) is 10.2 Å². The normalized spacial score (nSPS) is 33.6. The number of nitrogens with one attached hydrogen (secondary N) is 1. The molecule has 1 aliphatic heterocycles. The number of hydrogen-bond donors (Lipinski definition) is 1. The first kappa shape index (κ1) is 13.6. The Balaban J connectivity index is 2.24. The van der Waals surface area contributed by atoms with Crippen molar-refractivity contribution in [3.8, 4) is 0 Å². The maximum atomic E-state index is 3.78. The van der Waals surface area contributed by atoms with E-state index in [4.69, 9.17) is 0 Å². The van der Waals surface area contributed by atoms with Crippen LogP contribution in [0.25, 0.3) is 0 Å². The molecule has 1 aliphatic rings. The van der Waals surface area contributed by atoms with E-state index in [-0.39, 0.29) is 5.54 Å². The van der Waals surface area contributed by atoms with Crippen molar-refractivity contribution in [1.29, 1.82) is 0 Å². The lowest BCUT2D eigenvalue weighted by Gasteiger charge is -2.52. The highest BCUT2D eigenvalue weighted by atomic mass is 15.3. The largest absolute Gasteiger partial charge is 0.305 e. The van der Waals surface area contributed by atoms with Gasteiger partial charge in [-0.3, -0.25) is 4.90 Å². The highest BCUT2D eigenvalue weighted by molar-refractivity contribution is 5.25. The van der Waals surface area contributed by atoms with Gasteiger partial charge in [0.15, 0.2) is 0 Å². The summed E-state index contributed by atoms with van der Waals surface area (Å²) in [6.07, 6.45) is 1.19. The number of hydrogen-bond acceptors (Lipinski definition) is 2. The predicted octanol–water partition coefficient (Wildman–Crippen LogP) is 3.00. The quantitative estimate of drug-likeness (QED) is 0.882. The molecule has 0 amide bonds. The van der Waals surface area contributed by atoms with Crippen LogP contribution in [0.1, 0.15) is 39.7 Å². The van der Waals surface area contributed by atoms with E-state index in [0.717, 1.165) is 19.6 Å². The van der Waals surface area contributed by atoms with Gasteiger partial charge in [-0.15, -0.1) is 0 Å². The van der Waals surface area contributed by atoms with Gasteiger partial charge in [-0.25, -0.2) is 0 Å². The fraction of sp³-hybridized carbons (Fsp3) is 0.625. The highest BCUT2D eigenvalue weighted by Crippen LogP contribution is 2.32. The first-order chi connectivity index (χ1) is 8.54. The molecule has 0 radical (unpaired) electrons. The second kappa shape index (κ2) is 5.02. The Morgan fingerprint density at radius 2 is 1.83 bits per heavy atom. The summed E-state index contributed by atoms with van der Waals surface area (Å²) in [6.45, 7) is 12.5.